The van der Waals surface area contributed by atoms with Crippen molar-refractivity contribution in [2.45, 2.75) is 13.5 Å². The van der Waals surface area contributed by atoms with Crippen molar-refractivity contribution in [1.82, 2.24) is 0 Å². The van der Waals surface area contributed by atoms with Gasteiger partial charge in [-0.1, -0.05) is 41.9 Å². The number of rotatable bonds is 7. The van der Waals surface area contributed by atoms with Gasteiger partial charge in [-0.2, -0.15) is 5.26 Å². The van der Waals surface area contributed by atoms with Gasteiger partial charge in [0.2, 0.25) is 0 Å². The Balaban J connectivity index is 1.75. The average Bonchev–Trinajstić information content (AvgIpc) is 2.78. The molecule has 32 heavy (non-hydrogen) atoms. The molecular formula is C24H18ClN3O4. The molecule has 0 radical (unpaired) electrons. The first-order valence-corrected chi connectivity index (χ1v) is 9.89. The molecule has 3 aromatic carbocycles. The maximum absolute atomic E-state index is 12.6. The third-order valence-electron chi connectivity index (χ3n) is 4.45. The van der Waals surface area contributed by atoms with Gasteiger partial charge in [0.15, 0.2) is 0 Å². The minimum Gasteiger partial charge on any atom is -0.489 e. The van der Waals surface area contributed by atoms with Gasteiger partial charge in [0.25, 0.3) is 11.6 Å². The van der Waals surface area contributed by atoms with E-state index in [0.29, 0.717) is 28.5 Å². The van der Waals surface area contributed by atoms with E-state index in [-0.39, 0.29) is 16.9 Å². The van der Waals surface area contributed by atoms with Crippen LogP contribution >= 0.6 is 11.6 Å². The highest BCUT2D eigenvalue weighted by atomic mass is 35.5. The average molecular weight is 448 g/mol. The van der Waals surface area contributed by atoms with E-state index in [1.165, 1.54) is 18.2 Å². The summed E-state index contributed by atoms with van der Waals surface area (Å²) in [5.41, 5.74) is 1.77. The van der Waals surface area contributed by atoms with E-state index in [1.807, 2.05) is 18.2 Å². The number of nitro groups is 1. The van der Waals surface area contributed by atoms with Crippen molar-refractivity contribution in [3.8, 4) is 11.8 Å². The number of aryl methyl sites for hydroxylation is 1. The van der Waals surface area contributed by atoms with E-state index in [0.717, 1.165) is 5.56 Å². The number of amides is 1. The zero-order chi connectivity index (χ0) is 23.1. The highest BCUT2D eigenvalue weighted by Gasteiger charge is 2.18. The van der Waals surface area contributed by atoms with Crippen molar-refractivity contribution in [2.24, 2.45) is 0 Å². The second kappa shape index (κ2) is 10.2. The van der Waals surface area contributed by atoms with Gasteiger partial charge in [-0.05, 0) is 60.0 Å². The number of halogens is 1. The van der Waals surface area contributed by atoms with Gasteiger partial charge in [0, 0.05) is 11.1 Å². The van der Waals surface area contributed by atoms with E-state index < -0.39 is 10.8 Å². The SMILES string of the molecule is Cc1ccc(NC(=O)/C(C#N)=C/c2cccc(OCc3ccc(Cl)cc3)c2)c([N+](=O)[O-])c1. The van der Waals surface area contributed by atoms with Crippen LogP contribution in [0.3, 0.4) is 0 Å². The number of nitro benzene ring substituents is 1. The van der Waals surface area contributed by atoms with Crippen molar-refractivity contribution in [1.29, 1.82) is 5.26 Å². The van der Waals surface area contributed by atoms with Crippen LogP contribution in [0.25, 0.3) is 6.08 Å². The first-order valence-electron chi connectivity index (χ1n) is 9.51. The quantitative estimate of drug-likeness (QED) is 0.217. The van der Waals surface area contributed by atoms with Crippen LogP contribution in [-0.2, 0) is 11.4 Å². The maximum Gasteiger partial charge on any atom is 0.293 e. The van der Waals surface area contributed by atoms with Crippen LogP contribution < -0.4 is 10.1 Å². The third-order valence-corrected chi connectivity index (χ3v) is 4.70. The fourth-order valence-corrected chi connectivity index (χ4v) is 2.97. The molecule has 0 unspecified atom stereocenters. The number of benzene rings is 3. The van der Waals surface area contributed by atoms with Gasteiger partial charge >= 0.3 is 0 Å². The van der Waals surface area contributed by atoms with Crippen molar-refractivity contribution < 1.29 is 14.5 Å². The van der Waals surface area contributed by atoms with Crippen molar-refractivity contribution >= 4 is 35.0 Å². The van der Waals surface area contributed by atoms with Crippen molar-refractivity contribution in [3.05, 3.63) is 104 Å². The van der Waals surface area contributed by atoms with Crippen LogP contribution in [0.2, 0.25) is 5.02 Å². The fraction of sp³-hybridized carbons (Fsp3) is 0.0833. The number of anilines is 1. The van der Waals surface area contributed by atoms with Crippen LogP contribution in [0.15, 0.2) is 72.3 Å². The van der Waals surface area contributed by atoms with Gasteiger partial charge in [-0.3, -0.25) is 14.9 Å². The molecule has 0 aliphatic carbocycles. The first-order chi connectivity index (χ1) is 15.4. The highest BCUT2D eigenvalue weighted by Crippen LogP contribution is 2.26. The second-order valence-electron chi connectivity index (χ2n) is 6.89. The summed E-state index contributed by atoms with van der Waals surface area (Å²) in [4.78, 5) is 23.2. The standard InChI is InChI=1S/C24H18ClN3O4/c1-16-5-10-22(23(11-16)28(30)31)27-24(29)19(14-26)12-18-3-2-4-21(13-18)32-15-17-6-8-20(25)9-7-17/h2-13H,15H2,1H3,(H,27,29)/b19-12+. The molecule has 0 atom stereocenters. The van der Waals surface area contributed by atoms with E-state index in [4.69, 9.17) is 16.3 Å². The van der Waals surface area contributed by atoms with E-state index in [2.05, 4.69) is 5.32 Å². The lowest BCUT2D eigenvalue weighted by Crippen LogP contribution is -2.14. The minimum absolute atomic E-state index is 0.0202. The topological polar surface area (TPSA) is 105 Å². The number of nitriles is 1. The molecule has 0 spiro atoms. The lowest BCUT2D eigenvalue weighted by molar-refractivity contribution is -0.384. The summed E-state index contributed by atoms with van der Waals surface area (Å²) in [6.07, 6.45) is 1.39. The first kappa shape index (κ1) is 22.5. The molecule has 3 aromatic rings. The molecule has 1 N–H and O–H groups in total. The Labute approximate surface area is 189 Å². The molecule has 1 amide bonds. The fourth-order valence-electron chi connectivity index (χ4n) is 2.84. The lowest BCUT2D eigenvalue weighted by Gasteiger charge is -2.08. The Morgan fingerprint density at radius 1 is 1.19 bits per heavy atom. The molecule has 0 fully saturated rings. The van der Waals surface area contributed by atoms with Crippen molar-refractivity contribution in [3.63, 3.8) is 0 Å². The Bertz CT molecular complexity index is 1230. The number of nitrogens with zero attached hydrogens (tertiary/aromatic N) is 2. The predicted molar refractivity (Wildman–Crippen MR) is 122 cm³/mol. The molecule has 0 heterocycles. The molecular weight excluding hydrogens is 430 g/mol. The number of hydrogen-bond acceptors (Lipinski definition) is 5. The summed E-state index contributed by atoms with van der Waals surface area (Å²) in [6.45, 7) is 2.04. The second-order valence-corrected chi connectivity index (χ2v) is 7.33. The van der Waals surface area contributed by atoms with Gasteiger partial charge in [-0.15, -0.1) is 0 Å². The van der Waals surface area contributed by atoms with Gasteiger partial charge < -0.3 is 10.1 Å². The third kappa shape index (κ3) is 5.94. The van der Waals surface area contributed by atoms with Gasteiger partial charge in [0.05, 0.1) is 4.92 Å². The molecule has 8 heteroatoms. The van der Waals surface area contributed by atoms with Gasteiger partial charge in [0.1, 0.15) is 29.7 Å². The smallest absolute Gasteiger partial charge is 0.293 e. The van der Waals surface area contributed by atoms with Gasteiger partial charge in [-0.25, -0.2) is 0 Å². The molecule has 0 aliphatic heterocycles. The molecule has 0 saturated carbocycles. The van der Waals surface area contributed by atoms with E-state index in [1.54, 1.807) is 49.4 Å². The van der Waals surface area contributed by atoms with Crippen LogP contribution in [-0.4, -0.2) is 10.8 Å². The van der Waals surface area contributed by atoms with Crippen molar-refractivity contribution in [2.75, 3.05) is 5.32 Å². The number of carbonyl (C=O) groups excluding carboxylic acids is 1. The highest BCUT2D eigenvalue weighted by molar-refractivity contribution is 6.30. The largest absolute Gasteiger partial charge is 0.489 e. The monoisotopic (exact) mass is 447 g/mol. The molecule has 7 nitrogen and oxygen atoms in total. The molecule has 0 aromatic heterocycles. The Hall–Kier alpha value is -4.15. The summed E-state index contributed by atoms with van der Waals surface area (Å²) in [5, 5.41) is 23.8. The van der Waals surface area contributed by atoms with E-state index in [9.17, 15) is 20.2 Å². The molecule has 0 aliphatic rings. The zero-order valence-electron chi connectivity index (χ0n) is 17.0. The lowest BCUT2D eigenvalue weighted by atomic mass is 10.1. The van der Waals surface area contributed by atoms with Crippen LogP contribution in [0, 0.1) is 28.4 Å². The summed E-state index contributed by atoms with van der Waals surface area (Å²) in [5.74, 6) is -0.187. The number of carbonyl (C=O) groups is 1. The van der Waals surface area contributed by atoms with Crippen LogP contribution in [0.1, 0.15) is 16.7 Å². The Morgan fingerprint density at radius 2 is 1.94 bits per heavy atom. The van der Waals surface area contributed by atoms with Crippen LogP contribution in [0.4, 0.5) is 11.4 Å². The summed E-state index contributed by atoms with van der Waals surface area (Å²) >= 11 is 5.88. The molecule has 160 valence electrons. The molecule has 3 rings (SSSR count). The minimum atomic E-state index is -0.744. The predicted octanol–water partition coefficient (Wildman–Crippen LogP) is 5.68. The number of hydrogen-bond donors (Lipinski definition) is 1. The normalized spacial score (nSPS) is 10.8. The molecule has 0 bridgehead atoms. The van der Waals surface area contributed by atoms with Crippen LogP contribution in [0.5, 0.6) is 5.75 Å². The van der Waals surface area contributed by atoms with E-state index >= 15 is 0 Å². The maximum atomic E-state index is 12.6. The summed E-state index contributed by atoms with van der Waals surface area (Å²) in [7, 11) is 0. The number of ether oxygens (including phenoxy) is 1. The Morgan fingerprint density at radius 3 is 2.62 bits per heavy atom. The number of nitrogens with one attached hydrogen (secondary N) is 1. The Kier molecular flexibility index (Phi) is 7.21. The zero-order valence-corrected chi connectivity index (χ0v) is 17.8. The summed E-state index contributed by atoms with van der Waals surface area (Å²) in [6, 6.07) is 20.4. The molecule has 0 saturated heterocycles. The summed E-state index contributed by atoms with van der Waals surface area (Å²) < 4.78 is 5.77.